The Morgan fingerprint density at radius 1 is 1.28 bits per heavy atom. The smallest absolute Gasteiger partial charge is 0.322 e. The lowest BCUT2D eigenvalue weighted by atomic mass is 10.1. The average Bonchev–Trinajstić information content (AvgIpc) is 3.17. The monoisotopic (exact) mass is 360 g/mol. The van der Waals surface area contributed by atoms with Crippen molar-refractivity contribution in [2.75, 3.05) is 32.2 Å². The second-order valence-corrected chi connectivity index (χ2v) is 7.06. The van der Waals surface area contributed by atoms with Gasteiger partial charge in [0.25, 0.3) is 0 Å². The van der Waals surface area contributed by atoms with E-state index in [4.69, 9.17) is 9.47 Å². The lowest BCUT2D eigenvalue weighted by molar-refractivity contribution is 0.0484. The highest BCUT2D eigenvalue weighted by Gasteiger charge is 2.25. The van der Waals surface area contributed by atoms with Gasteiger partial charge >= 0.3 is 6.03 Å². The molecular formula is C19H24N2O3S. The number of hydrogen-bond acceptors (Lipinski definition) is 4. The minimum absolute atomic E-state index is 0.0476. The van der Waals surface area contributed by atoms with Crippen LogP contribution in [0.15, 0.2) is 41.8 Å². The van der Waals surface area contributed by atoms with Crippen LogP contribution in [0.4, 0.5) is 10.5 Å². The molecule has 1 aromatic heterocycles. The molecule has 0 spiro atoms. The number of amides is 2. The van der Waals surface area contributed by atoms with E-state index < -0.39 is 0 Å². The van der Waals surface area contributed by atoms with Gasteiger partial charge in [-0.25, -0.2) is 4.79 Å². The van der Waals surface area contributed by atoms with Crippen molar-refractivity contribution in [1.82, 2.24) is 4.90 Å². The minimum Gasteiger partial charge on any atom is -0.497 e. The quantitative estimate of drug-likeness (QED) is 0.847. The van der Waals surface area contributed by atoms with Crippen molar-refractivity contribution in [3.05, 3.63) is 46.7 Å². The molecule has 134 valence electrons. The third-order valence-corrected chi connectivity index (χ3v) is 5.35. The van der Waals surface area contributed by atoms with Gasteiger partial charge in [-0.2, -0.15) is 0 Å². The summed E-state index contributed by atoms with van der Waals surface area (Å²) in [6.07, 6.45) is 2.66. The topological polar surface area (TPSA) is 50.8 Å². The number of methoxy groups -OCH3 is 1. The Morgan fingerprint density at radius 3 is 2.68 bits per heavy atom. The van der Waals surface area contributed by atoms with Crippen LogP contribution in [0.1, 0.15) is 17.7 Å². The van der Waals surface area contributed by atoms with Crippen molar-refractivity contribution in [1.29, 1.82) is 0 Å². The maximum absolute atomic E-state index is 12.9. The first kappa shape index (κ1) is 17.8. The van der Waals surface area contributed by atoms with Gasteiger partial charge in [0.1, 0.15) is 5.75 Å². The van der Waals surface area contributed by atoms with Crippen molar-refractivity contribution in [3.63, 3.8) is 0 Å². The number of nitrogens with one attached hydrogen (secondary N) is 1. The summed E-state index contributed by atoms with van der Waals surface area (Å²) in [6.45, 7) is 2.15. The Bertz CT molecular complexity index is 652. The number of thiophene rings is 1. The van der Waals surface area contributed by atoms with E-state index in [9.17, 15) is 4.79 Å². The minimum atomic E-state index is -0.0476. The normalized spacial score (nSPS) is 14.9. The van der Waals surface area contributed by atoms with Gasteiger partial charge in [0, 0.05) is 36.4 Å². The van der Waals surface area contributed by atoms with Crippen LogP contribution in [-0.2, 0) is 11.2 Å². The van der Waals surface area contributed by atoms with Crippen LogP contribution < -0.4 is 10.1 Å². The maximum atomic E-state index is 12.9. The van der Waals surface area contributed by atoms with E-state index in [1.165, 1.54) is 4.88 Å². The molecule has 25 heavy (non-hydrogen) atoms. The number of nitrogens with zero attached hydrogens (tertiary/aromatic N) is 1. The zero-order valence-corrected chi connectivity index (χ0v) is 15.3. The fourth-order valence-electron chi connectivity index (χ4n) is 3.00. The van der Waals surface area contributed by atoms with Gasteiger partial charge in [0.15, 0.2) is 0 Å². The van der Waals surface area contributed by atoms with Crippen LogP contribution in [0, 0.1) is 0 Å². The van der Waals surface area contributed by atoms with Gasteiger partial charge in [-0.05, 0) is 55.0 Å². The number of hydrogen-bond donors (Lipinski definition) is 1. The van der Waals surface area contributed by atoms with Crippen LogP contribution in [0.25, 0.3) is 0 Å². The van der Waals surface area contributed by atoms with Gasteiger partial charge in [0.05, 0.1) is 7.11 Å². The van der Waals surface area contributed by atoms with Gasteiger partial charge in [-0.1, -0.05) is 6.07 Å². The molecule has 1 aliphatic rings. The fourth-order valence-corrected chi connectivity index (χ4v) is 3.70. The van der Waals surface area contributed by atoms with E-state index >= 15 is 0 Å². The van der Waals surface area contributed by atoms with E-state index in [0.29, 0.717) is 6.54 Å². The maximum Gasteiger partial charge on any atom is 0.322 e. The van der Waals surface area contributed by atoms with E-state index in [-0.39, 0.29) is 12.1 Å². The number of ether oxygens (including phenoxy) is 2. The van der Waals surface area contributed by atoms with Crippen molar-refractivity contribution in [2.24, 2.45) is 0 Å². The largest absolute Gasteiger partial charge is 0.497 e. The van der Waals surface area contributed by atoms with Crippen LogP contribution in [0.5, 0.6) is 5.75 Å². The standard InChI is InChI=1S/C19H24N2O3S/c1-23-17-6-4-15(5-7-17)20-19(22)21(16-9-12-24-13-10-16)11-8-18-3-2-14-25-18/h2-7,14,16H,8-13H2,1H3,(H,20,22). The molecule has 0 unspecified atom stereocenters. The number of carbonyl (C=O) groups excluding carboxylic acids is 1. The molecule has 0 radical (unpaired) electrons. The predicted octanol–water partition coefficient (Wildman–Crippen LogP) is 4.01. The van der Waals surface area contributed by atoms with E-state index in [0.717, 1.165) is 43.9 Å². The fraction of sp³-hybridized carbons (Fsp3) is 0.421. The van der Waals surface area contributed by atoms with E-state index in [1.54, 1.807) is 18.4 Å². The highest BCUT2D eigenvalue weighted by molar-refractivity contribution is 7.09. The Hall–Kier alpha value is -2.05. The molecule has 5 nitrogen and oxygen atoms in total. The van der Waals surface area contributed by atoms with Crippen LogP contribution >= 0.6 is 11.3 Å². The summed E-state index contributed by atoms with van der Waals surface area (Å²) in [6, 6.07) is 11.8. The second-order valence-electron chi connectivity index (χ2n) is 6.02. The number of carbonyl (C=O) groups is 1. The number of rotatable bonds is 6. The SMILES string of the molecule is COc1ccc(NC(=O)N(CCc2cccs2)C2CCOCC2)cc1. The summed E-state index contributed by atoms with van der Waals surface area (Å²) in [7, 11) is 1.63. The van der Waals surface area contributed by atoms with Gasteiger partial charge in [-0.3, -0.25) is 0 Å². The summed E-state index contributed by atoms with van der Waals surface area (Å²) >= 11 is 1.73. The Balaban J connectivity index is 1.66. The molecule has 2 heterocycles. The van der Waals surface area contributed by atoms with Gasteiger partial charge in [0.2, 0.25) is 0 Å². The highest BCUT2D eigenvalue weighted by atomic mass is 32.1. The predicted molar refractivity (Wildman–Crippen MR) is 101 cm³/mol. The summed E-state index contributed by atoms with van der Waals surface area (Å²) in [5.41, 5.74) is 0.777. The lowest BCUT2D eigenvalue weighted by Gasteiger charge is -2.34. The third kappa shape index (κ3) is 4.96. The first-order valence-corrected chi connectivity index (χ1v) is 9.46. The van der Waals surface area contributed by atoms with Gasteiger partial charge in [-0.15, -0.1) is 11.3 Å². The molecule has 1 N–H and O–H groups in total. The Morgan fingerprint density at radius 2 is 2.04 bits per heavy atom. The first-order chi connectivity index (χ1) is 12.3. The average molecular weight is 360 g/mol. The summed E-state index contributed by atoms with van der Waals surface area (Å²) in [5.74, 6) is 0.775. The van der Waals surface area contributed by atoms with Crippen LogP contribution in [-0.4, -0.2) is 43.8 Å². The first-order valence-electron chi connectivity index (χ1n) is 8.58. The molecule has 3 rings (SSSR count). The lowest BCUT2D eigenvalue weighted by Crippen LogP contribution is -2.46. The number of urea groups is 1. The molecule has 6 heteroatoms. The summed E-state index contributed by atoms with van der Waals surface area (Å²) < 4.78 is 10.6. The zero-order chi connectivity index (χ0) is 17.5. The molecule has 2 aromatic rings. The van der Waals surface area contributed by atoms with Crippen LogP contribution in [0.3, 0.4) is 0 Å². The summed E-state index contributed by atoms with van der Waals surface area (Å²) in [4.78, 5) is 16.1. The van der Waals surface area contributed by atoms with Crippen molar-refractivity contribution < 1.29 is 14.3 Å². The van der Waals surface area contributed by atoms with Crippen LogP contribution in [0.2, 0.25) is 0 Å². The summed E-state index contributed by atoms with van der Waals surface area (Å²) in [5, 5.41) is 5.09. The Kier molecular flexibility index (Phi) is 6.30. The molecule has 0 bridgehead atoms. The molecule has 0 aliphatic carbocycles. The molecule has 0 saturated carbocycles. The van der Waals surface area contributed by atoms with Crippen molar-refractivity contribution in [2.45, 2.75) is 25.3 Å². The number of anilines is 1. The molecule has 1 fully saturated rings. The molecule has 2 amide bonds. The van der Waals surface area contributed by atoms with E-state index in [2.05, 4.69) is 22.8 Å². The molecular weight excluding hydrogens is 336 g/mol. The van der Waals surface area contributed by atoms with E-state index in [1.807, 2.05) is 29.2 Å². The molecule has 0 atom stereocenters. The molecule has 1 saturated heterocycles. The Labute approximate surface area is 152 Å². The second kappa shape index (κ2) is 8.87. The zero-order valence-electron chi connectivity index (χ0n) is 14.4. The van der Waals surface area contributed by atoms with Crippen molar-refractivity contribution in [3.8, 4) is 5.75 Å². The molecule has 1 aromatic carbocycles. The number of benzene rings is 1. The highest BCUT2D eigenvalue weighted by Crippen LogP contribution is 2.20. The third-order valence-electron chi connectivity index (χ3n) is 4.41. The molecule has 1 aliphatic heterocycles. The van der Waals surface area contributed by atoms with Gasteiger partial charge < -0.3 is 19.7 Å². The van der Waals surface area contributed by atoms with Crippen molar-refractivity contribution >= 4 is 23.1 Å².